The molecular weight excluding hydrogens is 1340 g/mol. The number of benzene rings is 5. The van der Waals surface area contributed by atoms with Crippen LogP contribution < -0.4 is 35.5 Å². The standard InChI is InChI=1S/C87H96N4O11S2/c1-49-25-32-89-83-64(49)39-65-69(91-83)23-19-54-17-18-55-33-52-13-9-15-58(34-52)87-27-8-7-26-86(87,97)31-30-84(82(65)87)28-29-85(47-84)40-56-37-60(95)38-71(100-48-93)73(56)62-21-20-61-68(45-99-50(2)94)78(101-79(61)76(62)85)75-63-22-24-70-81(102-80(63)77(96)66(74(54)75)42-88-41-57(43-92)67(55)44-98-3)72(36-51-11-5-4-6-12-51)104-103-46-53-14-10-16-59(35-53)90-70/h4-6,9,11-13,15,20-22,24,30-31,34,37-39,49,53-55,57,59,67-68,70,72,78,81-83,88-93,95-97H,7-8,10,14,16,25-29,32-33,35-36,40-48H2,1-3H3. The molecule has 18 atom stereocenters. The van der Waals surface area contributed by atoms with E-state index in [4.69, 9.17) is 23.7 Å². The Morgan fingerprint density at radius 1 is 0.894 bits per heavy atom. The van der Waals surface area contributed by atoms with Crippen LogP contribution in [-0.2, 0) is 50.9 Å². The van der Waals surface area contributed by atoms with Crippen LogP contribution in [0.5, 0.6) is 28.7 Å². The Bertz CT molecular complexity index is 4530. The Morgan fingerprint density at radius 2 is 1.78 bits per heavy atom. The number of aliphatic hydroxyl groups excluding tert-OH is 2. The van der Waals surface area contributed by atoms with Crippen molar-refractivity contribution in [1.29, 1.82) is 0 Å². The van der Waals surface area contributed by atoms with Crippen molar-refractivity contribution in [1.82, 2.24) is 21.3 Å². The van der Waals surface area contributed by atoms with Crippen LogP contribution in [0.25, 0.3) is 17.2 Å². The number of ether oxygens (including phenoxy) is 5. The van der Waals surface area contributed by atoms with Crippen LogP contribution >= 0.6 is 21.6 Å². The second kappa shape index (κ2) is 27.3. The molecule has 5 aromatic rings. The highest BCUT2D eigenvalue weighted by Crippen LogP contribution is 2.73. The Labute approximate surface area is 618 Å². The number of nitrogens with one attached hydrogen (secondary N) is 4. The van der Waals surface area contributed by atoms with Crippen LogP contribution in [-0.4, -0.2) is 119 Å². The molecule has 6 aliphatic carbocycles. The molecule has 2 saturated heterocycles. The third-order valence-electron chi connectivity index (χ3n) is 26.8. The second-order valence-electron chi connectivity index (χ2n) is 32.6. The molecule has 542 valence electrons. The summed E-state index contributed by atoms with van der Waals surface area (Å²) in [5.41, 5.74) is 9.78. The van der Waals surface area contributed by atoms with E-state index in [1.807, 2.05) is 27.7 Å². The molecule has 7 heterocycles. The van der Waals surface area contributed by atoms with Crippen LogP contribution in [0, 0.1) is 64.6 Å². The fourth-order valence-electron chi connectivity index (χ4n) is 22.2. The van der Waals surface area contributed by atoms with Gasteiger partial charge in [-0.05, 0) is 157 Å². The number of methoxy groups -OCH3 is 1. The van der Waals surface area contributed by atoms with E-state index in [0.717, 1.165) is 113 Å². The number of phenols is 2. The van der Waals surface area contributed by atoms with Crippen molar-refractivity contribution >= 4 is 33.6 Å². The van der Waals surface area contributed by atoms with Crippen molar-refractivity contribution in [3.05, 3.63) is 176 Å². The van der Waals surface area contributed by atoms with Gasteiger partial charge in [-0.15, -0.1) is 0 Å². The minimum Gasteiger partial charge on any atom is -0.508 e. The first-order valence-corrected chi connectivity index (χ1v) is 40.8. The third kappa shape index (κ3) is 11.4. The zero-order valence-electron chi connectivity index (χ0n) is 59.7. The van der Waals surface area contributed by atoms with Gasteiger partial charge in [0, 0.05) is 119 Å². The van der Waals surface area contributed by atoms with E-state index in [0.29, 0.717) is 98.0 Å². The third-order valence-corrected chi connectivity index (χ3v) is 29.8. The van der Waals surface area contributed by atoms with Crippen molar-refractivity contribution < 1.29 is 54.0 Å². The molecule has 0 aromatic heterocycles. The average Bonchev–Trinajstić information content (AvgIpc) is 1.35. The summed E-state index contributed by atoms with van der Waals surface area (Å²) in [6.07, 6.45) is 22.1. The molecule has 15 nitrogen and oxygen atoms in total. The van der Waals surface area contributed by atoms with Gasteiger partial charge in [-0.3, -0.25) is 10.1 Å². The van der Waals surface area contributed by atoms with Gasteiger partial charge >= 0.3 is 5.97 Å². The first kappa shape index (κ1) is 68.7. The summed E-state index contributed by atoms with van der Waals surface area (Å²) >= 11 is 0. The normalized spacial score (nSPS) is 35.0. The minimum absolute atomic E-state index is 0.0277. The number of rotatable bonds is 9. The zero-order chi connectivity index (χ0) is 70.8. The summed E-state index contributed by atoms with van der Waals surface area (Å²) in [5, 5.41) is 79.3. The molecule has 3 saturated carbocycles. The number of fused-ring (bicyclic) bond motifs is 13. The van der Waals surface area contributed by atoms with Crippen molar-refractivity contribution in [2.45, 2.75) is 181 Å². The minimum atomic E-state index is -1.30. The molecule has 11 bridgehead atoms. The smallest absolute Gasteiger partial charge is 0.302 e. The number of aliphatic hydroxyl groups is 3. The van der Waals surface area contributed by atoms with Gasteiger partial charge in [0.25, 0.3) is 0 Å². The Hall–Kier alpha value is -7.13. The van der Waals surface area contributed by atoms with Crippen LogP contribution in [0.1, 0.15) is 164 Å². The van der Waals surface area contributed by atoms with E-state index in [-0.39, 0.29) is 78.4 Å². The number of aromatic hydroxyl groups is 2. The van der Waals surface area contributed by atoms with E-state index in [1.165, 1.54) is 24.5 Å². The van der Waals surface area contributed by atoms with E-state index in [9.17, 15) is 30.3 Å². The molecule has 18 unspecified atom stereocenters. The van der Waals surface area contributed by atoms with Gasteiger partial charge in [0.15, 0.2) is 18.3 Å². The number of carbonyl (C=O) groups excluding carboxylic acids is 1. The topological polar surface area (TPSA) is 212 Å². The lowest BCUT2D eigenvalue weighted by Gasteiger charge is -2.62. The summed E-state index contributed by atoms with van der Waals surface area (Å²) in [5.74, 6) is 15.8. The summed E-state index contributed by atoms with van der Waals surface area (Å²) in [6, 6.07) is 27.5. The van der Waals surface area contributed by atoms with E-state index < -0.39 is 64.6 Å². The Balaban J connectivity index is 0.988. The number of phenolic OH excluding ortho intramolecular Hbond substituents is 2. The molecule has 13 aliphatic rings. The SMILES string of the molecule is COCC1C2C#CC3C#CC4=C(C=C5C(C)CCNC5N4)C4C5(C=CC6(O)CCCCC46c4cccc(c4)C2)CCC2(Cc4cc(O)cc(OCO)c4-c4ccc6c(c42)OC(c2c4c(c(O)c(c23)CNCC1CO)OC1C(C=C4)NC2CCCC(CSSC1Cc1ccccc1)C2)C6COC(C)=O)C5. The van der Waals surface area contributed by atoms with Gasteiger partial charge in [-0.25, -0.2) is 0 Å². The number of esters is 1. The average molecular weight is 1440 g/mol. The summed E-state index contributed by atoms with van der Waals surface area (Å²) in [7, 11) is 5.56. The number of dihydropyridines is 1. The summed E-state index contributed by atoms with van der Waals surface area (Å²) < 4.78 is 35.1. The number of hydrogen-bond acceptors (Lipinski definition) is 17. The maximum absolute atomic E-state index is 14.5. The van der Waals surface area contributed by atoms with Gasteiger partial charge in [0.05, 0.1) is 35.1 Å². The number of hydrogen-bond donors (Lipinski definition) is 9. The van der Waals surface area contributed by atoms with E-state index >= 15 is 0 Å². The molecule has 7 aliphatic heterocycles. The van der Waals surface area contributed by atoms with Gasteiger partial charge in [-0.2, -0.15) is 0 Å². The van der Waals surface area contributed by atoms with Crippen molar-refractivity contribution in [2.24, 2.45) is 40.9 Å². The highest BCUT2D eigenvalue weighted by molar-refractivity contribution is 8.77. The number of allylic oxidation sites excluding steroid dienone is 4. The van der Waals surface area contributed by atoms with Crippen LogP contribution in [0.2, 0.25) is 0 Å². The molecule has 9 N–H and O–H groups in total. The quantitative estimate of drug-likeness (QED) is 0.0221. The molecule has 5 aromatic carbocycles. The summed E-state index contributed by atoms with van der Waals surface area (Å²) in [4.78, 5) is 13.8. The fraction of sp³-hybridized carbons (Fsp3) is 0.506. The molecule has 104 heavy (non-hydrogen) atoms. The molecule has 0 radical (unpaired) electrons. The second-order valence-corrected chi connectivity index (χ2v) is 35.3. The number of carbonyl (C=O) groups is 1. The maximum Gasteiger partial charge on any atom is 0.302 e. The molecule has 0 amide bonds. The Kier molecular flexibility index (Phi) is 18.0. The maximum atomic E-state index is 14.5. The van der Waals surface area contributed by atoms with Crippen molar-refractivity contribution in [3.8, 4) is 63.6 Å². The summed E-state index contributed by atoms with van der Waals surface area (Å²) in [6.45, 7) is 4.55. The van der Waals surface area contributed by atoms with Gasteiger partial charge < -0.3 is 65.2 Å². The van der Waals surface area contributed by atoms with Crippen molar-refractivity contribution in [3.63, 3.8) is 0 Å². The number of piperidine rings is 1. The monoisotopic (exact) mass is 1440 g/mol. The Morgan fingerprint density at radius 3 is 2.63 bits per heavy atom. The highest BCUT2D eigenvalue weighted by Gasteiger charge is 2.68. The molecular formula is C87H96N4O11S2. The lowest BCUT2D eigenvalue weighted by atomic mass is 9.43. The zero-order valence-corrected chi connectivity index (χ0v) is 61.4. The van der Waals surface area contributed by atoms with E-state index in [1.54, 1.807) is 13.2 Å². The lowest BCUT2D eigenvalue weighted by Crippen LogP contribution is -2.64. The van der Waals surface area contributed by atoms with Crippen LogP contribution in [0.15, 0.2) is 120 Å². The van der Waals surface area contributed by atoms with Gasteiger partial charge in [0.2, 0.25) is 0 Å². The molecule has 18 rings (SSSR count). The fourth-order valence-corrected chi connectivity index (χ4v) is 25.4. The van der Waals surface area contributed by atoms with Gasteiger partial charge in [-0.1, -0.05) is 163 Å². The van der Waals surface area contributed by atoms with Gasteiger partial charge in [0.1, 0.15) is 48.1 Å². The molecule has 5 fully saturated rings. The first-order chi connectivity index (χ1) is 50.7. The molecule has 17 heteroatoms. The predicted octanol–water partition coefficient (Wildman–Crippen LogP) is 12.6. The lowest BCUT2D eigenvalue weighted by molar-refractivity contribution is -0.141. The highest BCUT2D eigenvalue weighted by atomic mass is 33.1. The van der Waals surface area contributed by atoms with Crippen LogP contribution in [0.4, 0.5) is 0 Å². The largest absolute Gasteiger partial charge is 0.508 e. The first-order valence-electron chi connectivity index (χ1n) is 38.4. The van der Waals surface area contributed by atoms with E-state index in [2.05, 4.69) is 149 Å². The predicted molar refractivity (Wildman–Crippen MR) is 405 cm³/mol. The van der Waals surface area contributed by atoms with Crippen molar-refractivity contribution in [2.75, 3.05) is 52.6 Å². The molecule has 3 spiro atoms. The van der Waals surface area contributed by atoms with Crippen LogP contribution in [0.3, 0.4) is 0 Å².